The van der Waals surface area contributed by atoms with Crippen LogP contribution in [0.5, 0.6) is 5.75 Å². The quantitative estimate of drug-likeness (QED) is 0.694. The van der Waals surface area contributed by atoms with Gasteiger partial charge >= 0.3 is 6.08 Å². The van der Waals surface area contributed by atoms with Crippen molar-refractivity contribution in [1.29, 1.82) is 0 Å². The van der Waals surface area contributed by atoms with Gasteiger partial charge < -0.3 is 9.64 Å². The first-order chi connectivity index (χ1) is 6.59. The number of hydrogen-bond donors (Lipinski definition) is 0. The molecule has 0 spiro atoms. The molecule has 76 valence electrons. The molecular formula is C10H11F2NO. The van der Waals surface area contributed by atoms with Gasteiger partial charge in [0.2, 0.25) is 0 Å². The molecule has 1 rings (SSSR count). The first kappa shape index (κ1) is 10.5. The molecule has 4 heteroatoms. The fraction of sp³-hybridized carbons (Fsp3) is 0.200. The Balaban J connectivity index is 2.69. The van der Waals surface area contributed by atoms with E-state index in [4.69, 9.17) is 0 Å². The molecule has 0 aliphatic rings. The Morgan fingerprint density at radius 3 is 2.21 bits per heavy atom. The van der Waals surface area contributed by atoms with Gasteiger partial charge in [-0.1, -0.05) is 0 Å². The summed E-state index contributed by atoms with van der Waals surface area (Å²) in [5.41, 5.74) is 0.988. The molecule has 0 radical (unpaired) electrons. The third-order valence-corrected chi connectivity index (χ3v) is 1.64. The van der Waals surface area contributed by atoms with Crippen LogP contribution in [-0.2, 0) is 0 Å². The highest BCUT2D eigenvalue weighted by Crippen LogP contribution is 2.18. The van der Waals surface area contributed by atoms with Gasteiger partial charge in [0, 0.05) is 19.8 Å². The summed E-state index contributed by atoms with van der Waals surface area (Å²) < 4.78 is 28.0. The predicted octanol–water partition coefficient (Wildman–Crippen LogP) is 2.87. The molecule has 0 saturated carbocycles. The average molecular weight is 199 g/mol. The molecule has 0 amide bonds. The molecule has 1 aromatic carbocycles. The zero-order chi connectivity index (χ0) is 10.6. The lowest BCUT2D eigenvalue weighted by molar-refractivity contribution is 0.365. The van der Waals surface area contributed by atoms with Crippen LogP contribution in [0.15, 0.2) is 36.6 Å². The second kappa shape index (κ2) is 4.60. The van der Waals surface area contributed by atoms with Crippen LogP contribution in [0.1, 0.15) is 0 Å². The molecule has 0 N–H and O–H groups in total. The lowest BCUT2D eigenvalue weighted by Crippen LogP contribution is -2.07. The fourth-order valence-corrected chi connectivity index (χ4v) is 0.935. The van der Waals surface area contributed by atoms with Crippen molar-refractivity contribution in [2.24, 2.45) is 0 Å². The third-order valence-electron chi connectivity index (χ3n) is 1.64. The van der Waals surface area contributed by atoms with Crippen LogP contribution in [0.25, 0.3) is 0 Å². The Hall–Kier alpha value is -1.58. The maximum absolute atomic E-state index is 11.7. The van der Waals surface area contributed by atoms with E-state index in [9.17, 15) is 8.78 Å². The van der Waals surface area contributed by atoms with Crippen LogP contribution in [0.4, 0.5) is 14.5 Å². The molecule has 0 heterocycles. The molecular weight excluding hydrogens is 188 g/mol. The van der Waals surface area contributed by atoms with E-state index in [1.54, 1.807) is 24.3 Å². The molecule has 0 aliphatic carbocycles. The third kappa shape index (κ3) is 3.05. The largest absolute Gasteiger partial charge is 0.459 e. The summed E-state index contributed by atoms with van der Waals surface area (Å²) in [5.74, 6) is 0.392. The van der Waals surface area contributed by atoms with Gasteiger partial charge in [-0.3, -0.25) is 0 Å². The van der Waals surface area contributed by atoms with Gasteiger partial charge in [0.1, 0.15) is 5.75 Å². The van der Waals surface area contributed by atoms with Crippen molar-refractivity contribution in [2.45, 2.75) is 0 Å². The van der Waals surface area contributed by atoms with E-state index < -0.39 is 6.08 Å². The van der Waals surface area contributed by atoms with Gasteiger partial charge in [-0.15, -0.1) is 0 Å². The minimum absolute atomic E-state index is 0.392. The van der Waals surface area contributed by atoms with Crippen LogP contribution in [-0.4, -0.2) is 14.1 Å². The number of ether oxygens (including phenoxy) is 1. The number of hydrogen-bond acceptors (Lipinski definition) is 2. The van der Waals surface area contributed by atoms with Gasteiger partial charge in [0.05, 0.1) is 0 Å². The number of benzene rings is 1. The van der Waals surface area contributed by atoms with Crippen molar-refractivity contribution in [3.05, 3.63) is 36.6 Å². The van der Waals surface area contributed by atoms with Crippen LogP contribution in [0, 0.1) is 0 Å². The summed E-state index contributed by atoms with van der Waals surface area (Å²) in [6.07, 6.45) is -1.42. The molecule has 14 heavy (non-hydrogen) atoms. The van der Waals surface area contributed by atoms with Crippen LogP contribution in [0.3, 0.4) is 0 Å². The summed E-state index contributed by atoms with van der Waals surface area (Å²) in [7, 11) is 3.80. The van der Waals surface area contributed by atoms with E-state index in [0.717, 1.165) is 5.69 Å². The summed E-state index contributed by atoms with van der Waals surface area (Å²) in [6.45, 7) is 0. The standard InChI is InChI=1S/C10H11F2NO/c1-13(2)8-3-5-9(6-4-8)14-7-10(11)12/h3-7H,1-2H3. The molecule has 1 aromatic rings. The second-order valence-corrected chi connectivity index (χ2v) is 2.91. The minimum atomic E-state index is -1.85. The minimum Gasteiger partial charge on any atom is -0.459 e. The zero-order valence-electron chi connectivity index (χ0n) is 8.00. The van der Waals surface area contributed by atoms with E-state index in [0.29, 0.717) is 12.0 Å². The number of rotatable bonds is 3. The van der Waals surface area contributed by atoms with Gasteiger partial charge in [-0.2, -0.15) is 8.78 Å². The monoisotopic (exact) mass is 199 g/mol. The lowest BCUT2D eigenvalue weighted by atomic mass is 10.3. The smallest absolute Gasteiger partial charge is 0.305 e. The average Bonchev–Trinajstić information content (AvgIpc) is 2.15. The lowest BCUT2D eigenvalue weighted by Gasteiger charge is -2.12. The summed E-state index contributed by atoms with van der Waals surface area (Å²) >= 11 is 0. The van der Waals surface area contributed by atoms with Crippen LogP contribution in [0.2, 0.25) is 0 Å². The van der Waals surface area contributed by atoms with Crippen LogP contribution >= 0.6 is 0 Å². The molecule has 0 saturated heterocycles. The van der Waals surface area contributed by atoms with E-state index in [1.165, 1.54) is 0 Å². The van der Waals surface area contributed by atoms with Gasteiger partial charge in [-0.25, -0.2) is 0 Å². The molecule has 0 bridgehead atoms. The summed E-state index contributed by atoms with van der Waals surface area (Å²) in [6, 6.07) is 6.85. The van der Waals surface area contributed by atoms with E-state index in [1.807, 2.05) is 19.0 Å². The summed E-state index contributed by atoms with van der Waals surface area (Å²) in [5, 5.41) is 0. The van der Waals surface area contributed by atoms with Gasteiger partial charge in [0.25, 0.3) is 0 Å². The molecule has 2 nitrogen and oxygen atoms in total. The first-order valence-electron chi connectivity index (χ1n) is 4.05. The topological polar surface area (TPSA) is 12.5 Å². The predicted molar refractivity (Wildman–Crippen MR) is 51.7 cm³/mol. The molecule has 0 atom stereocenters. The van der Waals surface area contributed by atoms with Crippen molar-refractivity contribution in [3.63, 3.8) is 0 Å². The Morgan fingerprint density at radius 2 is 1.79 bits per heavy atom. The zero-order valence-corrected chi connectivity index (χ0v) is 8.00. The Labute approximate surface area is 81.4 Å². The maximum Gasteiger partial charge on any atom is 0.305 e. The summed E-state index contributed by atoms with van der Waals surface area (Å²) in [4.78, 5) is 1.91. The Bertz CT molecular complexity index is 315. The first-order valence-corrected chi connectivity index (χ1v) is 4.05. The van der Waals surface area contributed by atoms with E-state index in [-0.39, 0.29) is 0 Å². The maximum atomic E-state index is 11.7. The highest BCUT2D eigenvalue weighted by atomic mass is 19.3. The fourth-order valence-electron chi connectivity index (χ4n) is 0.935. The highest BCUT2D eigenvalue weighted by molar-refractivity contribution is 5.47. The number of anilines is 1. The normalized spacial score (nSPS) is 9.43. The molecule has 0 fully saturated rings. The Kier molecular flexibility index (Phi) is 3.45. The van der Waals surface area contributed by atoms with Crippen molar-refractivity contribution < 1.29 is 13.5 Å². The number of nitrogens with zero attached hydrogens (tertiary/aromatic N) is 1. The number of halogens is 2. The van der Waals surface area contributed by atoms with Crippen LogP contribution < -0.4 is 9.64 Å². The Morgan fingerprint density at radius 1 is 1.21 bits per heavy atom. The van der Waals surface area contributed by atoms with Gasteiger partial charge in [0.15, 0.2) is 6.26 Å². The molecule has 0 aromatic heterocycles. The van der Waals surface area contributed by atoms with Crippen molar-refractivity contribution in [1.82, 2.24) is 0 Å². The van der Waals surface area contributed by atoms with Gasteiger partial charge in [-0.05, 0) is 24.3 Å². The molecule has 0 aliphatic heterocycles. The van der Waals surface area contributed by atoms with Crippen molar-refractivity contribution in [2.75, 3.05) is 19.0 Å². The van der Waals surface area contributed by atoms with E-state index in [2.05, 4.69) is 4.74 Å². The highest BCUT2D eigenvalue weighted by Gasteiger charge is 1.96. The van der Waals surface area contributed by atoms with E-state index >= 15 is 0 Å². The van der Waals surface area contributed by atoms with Crippen molar-refractivity contribution >= 4 is 5.69 Å². The van der Waals surface area contributed by atoms with Crippen molar-refractivity contribution in [3.8, 4) is 5.75 Å². The SMILES string of the molecule is CN(C)c1ccc(OC=C(F)F)cc1. The second-order valence-electron chi connectivity index (χ2n) is 2.91. The molecule has 0 unspecified atom stereocenters.